The van der Waals surface area contributed by atoms with Gasteiger partial charge in [-0.15, -0.1) is 0 Å². The number of hydrogen-bond acceptors (Lipinski definition) is 2. The van der Waals surface area contributed by atoms with E-state index in [0.29, 0.717) is 19.0 Å². The Kier molecular flexibility index (Phi) is 6.27. The molecule has 9 heteroatoms. The van der Waals surface area contributed by atoms with Gasteiger partial charge in [-0.25, -0.2) is 0 Å². The van der Waals surface area contributed by atoms with Gasteiger partial charge in [0.2, 0.25) is 0 Å². The number of alkyl halides is 6. The van der Waals surface area contributed by atoms with Gasteiger partial charge in [0, 0.05) is 31.2 Å². The fourth-order valence-electron chi connectivity index (χ4n) is 2.86. The predicted octanol–water partition coefficient (Wildman–Crippen LogP) is 4.56. The molecule has 0 spiro atoms. The van der Waals surface area contributed by atoms with Gasteiger partial charge < -0.3 is 9.80 Å². The fraction of sp³-hybridized carbons (Fsp3) is 0.625. The van der Waals surface area contributed by atoms with E-state index in [1.165, 1.54) is 0 Å². The topological polar surface area (TPSA) is 6.48 Å². The molecule has 0 aliphatic carbocycles. The summed E-state index contributed by atoms with van der Waals surface area (Å²) in [6.07, 6.45) is -9.37. The Bertz CT molecular complexity index is 592. The number of benzene rings is 1. The Labute approximate surface area is 147 Å². The summed E-state index contributed by atoms with van der Waals surface area (Å²) in [6, 6.07) is 0.721. The molecule has 0 atom stereocenters. The fourth-order valence-corrected chi connectivity index (χ4v) is 3.17. The molecule has 0 aromatic heterocycles. The van der Waals surface area contributed by atoms with Crippen LogP contribution in [0.4, 0.5) is 26.3 Å². The highest BCUT2D eigenvalue weighted by Crippen LogP contribution is 2.40. The first-order valence-corrected chi connectivity index (χ1v) is 8.24. The van der Waals surface area contributed by atoms with Crippen LogP contribution >= 0.6 is 11.6 Å². The van der Waals surface area contributed by atoms with Gasteiger partial charge in [0.05, 0.1) is 11.1 Å². The first-order valence-electron chi connectivity index (χ1n) is 7.86. The van der Waals surface area contributed by atoms with Crippen molar-refractivity contribution in [2.24, 2.45) is 0 Å². The van der Waals surface area contributed by atoms with Crippen molar-refractivity contribution in [2.75, 3.05) is 39.8 Å². The van der Waals surface area contributed by atoms with Crippen molar-refractivity contribution in [2.45, 2.75) is 25.2 Å². The Morgan fingerprint density at radius 2 is 1.56 bits per heavy atom. The normalized spacial score (nSPS) is 17.9. The van der Waals surface area contributed by atoms with Crippen molar-refractivity contribution in [1.82, 2.24) is 9.80 Å². The maximum atomic E-state index is 13.2. The average Bonchev–Trinajstić information content (AvgIpc) is 2.48. The van der Waals surface area contributed by atoms with Crippen molar-refractivity contribution in [3.05, 3.63) is 33.8 Å². The van der Waals surface area contributed by atoms with Crippen molar-refractivity contribution < 1.29 is 26.3 Å². The van der Waals surface area contributed by atoms with E-state index in [-0.39, 0.29) is 18.1 Å². The standard InChI is InChI=1S/C16H19ClF6N2/c1-24-5-7-25(8-6-24)4-2-3-12-13(16(21,22)23)9-11(10-14(12)17)15(18,19)20/h9-10H,2-8H2,1H3. The molecule has 0 unspecified atom stereocenters. The van der Waals surface area contributed by atoms with Crippen LogP contribution in [-0.2, 0) is 18.8 Å². The smallest absolute Gasteiger partial charge is 0.304 e. The first kappa shape index (κ1) is 20.3. The number of likely N-dealkylation sites (N-methyl/N-ethyl adjacent to an activating group) is 1. The van der Waals surface area contributed by atoms with Gasteiger partial charge in [0.1, 0.15) is 0 Å². The maximum Gasteiger partial charge on any atom is 0.416 e. The summed E-state index contributed by atoms with van der Waals surface area (Å²) in [5, 5.41) is -0.486. The number of piperazine rings is 1. The monoisotopic (exact) mass is 388 g/mol. The second kappa shape index (κ2) is 7.72. The van der Waals surface area contributed by atoms with Gasteiger partial charge in [-0.2, -0.15) is 26.3 Å². The van der Waals surface area contributed by atoms with E-state index in [1.807, 2.05) is 7.05 Å². The summed E-state index contributed by atoms with van der Waals surface area (Å²) in [7, 11) is 1.99. The van der Waals surface area contributed by atoms with Crippen LogP contribution in [0, 0.1) is 0 Å². The quantitative estimate of drug-likeness (QED) is 0.698. The minimum absolute atomic E-state index is 0.0157. The summed E-state index contributed by atoms with van der Waals surface area (Å²) in [5.74, 6) is 0. The van der Waals surface area contributed by atoms with Gasteiger partial charge in [-0.1, -0.05) is 11.6 Å². The van der Waals surface area contributed by atoms with Gasteiger partial charge in [0.25, 0.3) is 0 Å². The van der Waals surface area contributed by atoms with Crippen LogP contribution in [0.1, 0.15) is 23.1 Å². The second-order valence-electron chi connectivity index (χ2n) is 6.23. The van der Waals surface area contributed by atoms with Crippen molar-refractivity contribution in [3.63, 3.8) is 0 Å². The van der Waals surface area contributed by atoms with E-state index in [4.69, 9.17) is 11.6 Å². The van der Waals surface area contributed by atoms with E-state index in [2.05, 4.69) is 9.80 Å². The molecule has 2 rings (SSSR count). The number of nitrogens with zero attached hydrogens (tertiary/aromatic N) is 2. The summed E-state index contributed by atoms with van der Waals surface area (Å²) in [5.41, 5.74) is -2.95. The van der Waals surface area contributed by atoms with E-state index in [1.54, 1.807) is 0 Å². The van der Waals surface area contributed by atoms with E-state index < -0.39 is 28.5 Å². The van der Waals surface area contributed by atoms with Gasteiger partial charge >= 0.3 is 12.4 Å². The molecule has 25 heavy (non-hydrogen) atoms. The lowest BCUT2D eigenvalue weighted by atomic mass is 9.99. The van der Waals surface area contributed by atoms with Crippen LogP contribution < -0.4 is 0 Å². The molecule has 0 amide bonds. The molecule has 0 N–H and O–H groups in total. The molecular formula is C16H19ClF6N2. The zero-order valence-corrected chi connectivity index (χ0v) is 14.4. The van der Waals surface area contributed by atoms with Crippen molar-refractivity contribution in [1.29, 1.82) is 0 Å². The minimum Gasteiger partial charge on any atom is -0.304 e. The highest BCUT2D eigenvalue weighted by Gasteiger charge is 2.39. The highest BCUT2D eigenvalue weighted by molar-refractivity contribution is 6.31. The SMILES string of the molecule is CN1CCN(CCCc2c(Cl)cc(C(F)(F)F)cc2C(F)(F)F)CC1. The molecule has 1 saturated heterocycles. The first-order chi connectivity index (χ1) is 11.5. The molecule has 1 aromatic rings. The summed E-state index contributed by atoms with van der Waals surface area (Å²) in [6.45, 7) is 4.00. The lowest BCUT2D eigenvalue weighted by Crippen LogP contribution is -2.44. The maximum absolute atomic E-state index is 13.2. The third-order valence-electron chi connectivity index (χ3n) is 4.33. The lowest BCUT2D eigenvalue weighted by molar-refractivity contribution is -0.143. The van der Waals surface area contributed by atoms with E-state index >= 15 is 0 Å². The third-order valence-corrected chi connectivity index (χ3v) is 4.66. The zero-order valence-electron chi connectivity index (χ0n) is 13.6. The highest BCUT2D eigenvalue weighted by atomic mass is 35.5. The number of hydrogen-bond donors (Lipinski definition) is 0. The molecule has 1 heterocycles. The third kappa shape index (κ3) is 5.49. The van der Waals surface area contributed by atoms with Gasteiger partial charge in [0.15, 0.2) is 0 Å². The molecule has 1 aliphatic rings. The van der Waals surface area contributed by atoms with Gasteiger partial charge in [-0.05, 0) is 44.1 Å². The zero-order chi connectivity index (χ0) is 18.8. The van der Waals surface area contributed by atoms with E-state index in [0.717, 1.165) is 26.2 Å². The summed E-state index contributed by atoms with van der Waals surface area (Å²) in [4.78, 5) is 4.29. The molecule has 1 aliphatic heterocycles. The van der Waals surface area contributed by atoms with Crippen LogP contribution in [0.3, 0.4) is 0 Å². The molecular weight excluding hydrogens is 370 g/mol. The molecule has 0 saturated carbocycles. The number of rotatable bonds is 4. The van der Waals surface area contributed by atoms with Crippen molar-refractivity contribution >= 4 is 11.6 Å². The Balaban J connectivity index is 2.13. The summed E-state index contributed by atoms with van der Waals surface area (Å²) >= 11 is 5.77. The number of halogens is 7. The molecule has 0 radical (unpaired) electrons. The van der Waals surface area contributed by atoms with E-state index in [9.17, 15) is 26.3 Å². The van der Waals surface area contributed by atoms with Crippen LogP contribution in [0.25, 0.3) is 0 Å². The molecule has 1 aromatic carbocycles. The Morgan fingerprint density at radius 1 is 0.960 bits per heavy atom. The average molecular weight is 389 g/mol. The Morgan fingerprint density at radius 3 is 2.08 bits per heavy atom. The summed E-state index contributed by atoms with van der Waals surface area (Å²) < 4.78 is 77.8. The Hall–Kier alpha value is -0.990. The van der Waals surface area contributed by atoms with Crippen molar-refractivity contribution in [3.8, 4) is 0 Å². The largest absolute Gasteiger partial charge is 0.416 e. The lowest BCUT2D eigenvalue weighted by Gasteiger charge is -2.32. The van der Waals surface area contributed by atoms with Crippen LogP contribution in [0.2, 0.25) is 5.02 Å². The molecule has 142 valence electrons. The van der Waals surface area contributed by atoms with Gasteiger partial charge in [-0.3, -0.25) is 0 Å². The minimum atomic E-state index is -4.88. The van der Waals surface area contributed by atoms with Crippen LogP contribution in [0.5, 0.6) is 0 Å². The predicted molar refractivity (Wildman–Crippen MR) is 83.7 cm³/mol. The molecule has 1 fully saturated rings. The van der Waals surface area contributed by atoms with Crippen LogP contribution in [0.15, 0.2) is 12.1 Å². The van der Waals surface area contributed by atoms with Crippen LogP contribution in [-0.4, -0.2) is 49.6 Å². The molecule has 0 bridgehead atoms. The molecule has 2 nitrogen and oxygen atoms in total. The second-order valence-corrected chi connectivity index (χ2v) is 6.64.